The zero-order valence-electron chi connectivity index (χ0n) is 27.5. The van der Waals surface area contributed by atoms with Gasteiger partial charge in [-0.1, -0.05) is 112 Å². The first-order valence-corrected chi connectivity index (χ1v) is 17.1. The van der Waals surface area contributed by atoms with Crippen LogP contribution in [0.15, 0.2) is 72.8 Å². The summed E-state index contributed by atoms with van der Waals surface area (Å²) in [5, 5.41) is 0. The Morgan fingerprint density at radius 2 is 1.07 bits per heavy atom. The molecule has 248 valence electrons. The van der Waals surface area contributed by atoms with Gasteiger partial charge in [-0.3, -0.25) is 9.59 Å². The van der Waals surface area contributed by atoms with Crippen molar-refractivity contribution in [1.82, 2.24) is 9.80 Å². The Labute approximate surface area is 274 Å². The third-order valence-corrected chi connectivity index (χ3v) is 9.01. The molecule has 4 atom stereocenters. The predicted molar refractivity (Wildman–Crippen MR) is 177 cm³/mol. The van der Waals surface area contributed by atoms with Crippen LogP contribution in [-0.2, 0) is 41.9 Å². The van der Waals surface area contributed by atoms with Gasteiger partial charge in [0.2, 0.25) is 11.8 Å². The van der Waals surface area contributed by atoms with Crippen molar-refractivity contribution >= 4 is 23.8 Å². The van der Waals surface area contributed by atoms with Gasteiger partial charge in [-0.15, -0.1) is 0 Å². The Balaban J connectivity index is 1.43. The fraction of sp³-hybridized carbons (Fsp3) is 0.526. The topological polar surface area (TPSA) is 93.2 Å². The molecule has 4 rings (SSSR count). The second-order valence-corrected chi connectivity index (χ2v) is 12.4. The lowest BCUT2D eigenvalue weighted by molar-refractivity contribution is -0.155. The number of carbonyl (C=O) groups excluding carboxylic acids is 4. The molecule has 2 aliphatic heterocycles. The third-order valence-electron chi connectivity index (χ3n) is 9.01. The van der Waals surface area contributed by atoms with Crippen LogP contribution in [0.4, 0.5) is 0 Å². The Kier molecular flexibility index (Phi) is 13.9. The van der Waals surface area contributed by atoms with E-state index in [1.54, 1.807) is 9.80 Å². The molecule has 2 aromatic rings. The van der Waals surface area contributed by atoms with Crippen LogP contribution in [0.25, 0.3) is 0 Å². The molecule has 0 aliphatic carbocycles. The van der Waals surface area contributed by atoms with Crippen LogP contribution in [0, 0.1) is 11.8 Å². The van der Waals surface area contributed by atoms with Crippen molar-refractivity contribution in [3.8, 4) is 0 Å². The molecule has 0 aromatic heterocycles. The normalized spacial score (nSPS) is 19.3. The van der Waals surface area contributed by atoms with Crippen molar-refractivity contribution < 1.29 is 28.7 Å². The minimum absolute atomic E-state index is 0.0888. The lowest BCUT2D eigenvalue weighted by atomic mass is 9.94. The molecule has 4 unspecified atom stereocenters. The van der Waals surface area contributed by atoms with Crippen molar-refractivity contribution in [2.45, 2.75) is 103 Å². The first kappa shape index (κ1) is 34.9. The first-order valence-electron chi connectivity index (χ1n) is 17.1. The van der Waals surface area contributed by atoms with Crippen LogP contribution in [0.2, 0.25) is 0 Å². The molecule has 8 heteroatoms. The maximum atomic E-state index is 13.9. The van der Waals surface area contributed by atoms with Crippen LogP contribution in [0.1, 0.15) is 89.2 Å². The molecule has 2 saturated heterocycles. The molecule has 2 fully saturated rings. The molecule has 2 aliphatic rings. The minimum Gasteiger partial charge on any atom is -0.459 e. The molecule has 8 nitrogen and oxygen atoms in total. The fourth-order valence-corrected chi connectivity index (χ4v) is 6.35. The Bertz CT molecular complexity index is 1200. The van der Waals surface area contributed by atoms with E-state index in [1.165, 1.54) is 0 Å². The van der Waals surface area contributed by atoms with E-state index in [2.05, 4.69) is 13.8 Å². The van der Waals surface area contributed by atoms with Gasteiger partial charge in [-0.2, -0.15) is 0 Å². The number of esters is 2. The Morgan fingerprint density at radius 1 is 0.674 bits per heavy atom. The van der Waals surface area contributed by atoms with Gasteiger partial charge < -0.3 is 19.3 Å². The average molecular weight is 631 g/mol. The third kappa shape index (κ3) is 9.78. The van der Waals surface area contributed by atoms with E-state index in [9.17, 15) is 19.2 Å². The van der Waals surface area contributed by atoms with Gasteiger partial charge >= 0.3 is 11.9 Å². The maximum Gasteiger partial charge on any atom is 0.329 e. The minimum atomic E-state index is -0.599. The van der Waals surface area contributed by atoms with Crippen LogP contribution in [0.5, 0.6) is 0 Å². The molecule has 0 radical (unpaired) electrons. The molecule has 0 saturated carbocycles. The van der Waals surface area contributed by atoms with E-state index in [0.717, 1.165) is 49.7 Å². The monoisotopic (exact) mass is 630 g/mol. The van der Waals surface area contributed by atoms with Crippen LogP contribution in [0.3, 0.4) is 0 Å². The summed E-state index contributed by atoms with van der Waals surface area (Å²) in [7, 11) is 0. The molecule has 2 amide bonds. The lowest BCUT2D eigenvalue weighted by Crippen LogP contribution is -2.44. The van der Waals surface area contributed by atoms with E-state index >= 15 is 0 Å². The quantitative estimate of drug-likeness (QED) is 0.153. The van der Waals surface area contributed by atoms with Crippen LogP contribution >= 0.6 is 0 Å². The zero-order valence-corrected chi connectivity index (χ0v) is 27.5. The molecule has 0 bridgehead atoms. The highest BCUT2D eigenvalue weighted by Crippen LogP contribution is 2.27. The van der Waals surface area contributed by atoms with Gasteiger partial charge in [0.15, 0.2) is 0 Å². The second-order valence-electron chi connectivity index (χ2n) is 12.4. The molecular formula is C38H50N2O6. The zero-order chi connectivity index (χ0) is 32.7. The summed E-state index contributed by atoms with van der Waals surface area (Å²) in [6.07, 6.45) is 11.3. The summed E-state index contributed by atoms with van der Waals surface area (Å²) in [6.45, 7) is 5.55. The van der Waals surface area contributed by atoms with Gasteiger partial charge in [0.25, 0.3) is 0 Å². The lowest BCUT2D eigenvalue weighted by Gasteiger charge is -2.28. The molecule has 0 spiro atoms. The summed E-state index contributed by atoms with van der Waals surface area (Å²) in [6, 6.07) is 17.9. The number of hydrogen-bond donors (Lipinski definition) is 0. The molecule has 0 N–H and O–H groups in total. The summed E-state index contributed by atoms with van der Waals surface area (Å²) in [4.78, 5) is 57.4. The Hall–Kier alpha value is -3.94. The summed E-state index contributed by atoms with van der Waals surface area (Å²) in [5.41, 5.74) is 1.81. The van der Waals surface area contributed by atoms with Crippen molar-refractivity contribution in [2.24, 2.45) is 11.8 Å². The number of unbranched alkanes of at least 4 members (excludes halogenated alkanes) is 2. The van der Waals surface area contributed by atoms with E-state index < -0.39 is 23.9 Å². The van der Waals surface area contributed by atoms with Crippen LogP contribution in [-0.4, -0.2) is 58.7 Å². The van der Waals surface area contributed by atoms with Gasteiger partial charge in [-0.25, -0.2) is 9.59 Å². The fourth-order valence-electron chi connectivity index (χ4n) is 6.35. The highest BCUT2D eigenvalue weighted by molar-refractivity contribution is 5.89. The van der Waals surface area contributed by atoms with Crippen LogP contribution < -0.4 is 0 Å². The van der Waals surface area contributed by atoms with Crippen molar-refractivity contribution in [3.05, 3.63) is 83.9 Å². The highest BCUT2D eigenvalue weighted by Gasteiger charge is 2.39. The van der Waals surface area contributed by atoms with E-state index in [0.29, 0.717) is 38.8 Å². The van der Waals surface area contributed by atoms with E-state index in [1.807, 2.05) is 72.8 Å². The van der Waals surface area contributed by atoms with Gasteiger partial charge in [0.05, 0.1) is 11.8 Å². The number of likely N-dealkylation sites (tertiary alicyclic amines) is 2. The number of amides is 2. The smallest absolute Gasteiger partial charge is 0.329 e. The van der Waals surface area contributed by atoms with Gasteiger partial charge in [0.1, 0.15) is 25.3 Å². The number of benzene rings is 2. The van der Waals surface area contributed by atoms with Crippen molar-refractivity contribution in [2.75, 3.05) is 13.1 Å². The average Bonchev–Trinajstić information content (AvgIpc) is 3.79. The number of ether oxygens (including phenoxy) is 2. The van der Waals surface area contributed by atoms with E-state index in [4.69, 9.17) is 9.47 Å². The maximum absolute atomic E-state index is 13.9. The number of nitrogens with zero attached hydrogens (tertiary/aromatic N) is 2. The first-order chi connectivity index (χ1) is 22.4. The summed E-state index contributed by atoms with van der Waals surface area (Å²) >= 11 is 0. The molecule has 2 aromatic carbocycles. The highest BCUT2D eigenvalue weighted by atomic mass is 16.5. The SMILES string of the molecule is CCCCC(C=CC(CCCC)C(=O)N1CCCC1C(=O)OCc1ccccc1)C(=O)N1CCCC1C(=O)OCc1ccccc1. The number of hydrogen-bond acceptors (Lipinski definition) is 6. The molecular weight excluding hydrogens is 580 g/mol. The van der Waals surface area contributed by atoms with Gasteiger partial charge in [-0.05, 0) is 49.7 Å². The second kappa shape index (κ2) is 18.3. The predicted octanol–water partition coefficient (Wildman–Crippen LogP) is 6.62. The number of rotatable bonds is 16. The van der Waals surface area contributed by atoms with Gasteiger partial charge in [0, 0.05) is 13.1 Å². The molecule has 46 heavy (non-hydrogen) atoms. The largest absolute Gasteiger partial charge is 0.459 e. The molecule has 2 heterocycles. The van der Waals surface area contributed by atoms with E-state index in [-0.39, 0.29) is 37.0 Å². The summed E-state index contributed by atoms with van der Waals surface area (Å²) < 4.78 is 11.2. The Morgan fingerprint density at radius 3 is 1.43 bits per heavy atom. The number of carbonyl (C=O) groups is 4. The van der Waals surface area contributed by atoms with Crippen molar-refractivity contribution in [3.63, 3.8) is 0 Å². The van der Waals surface area contributed by atoms with Crippen molar-refractivity contribution in [1.29, 1.82) is 0 Å². The standard InChI is InChI=1S/C38H50N2O6/c1-3-5-19-31(35(41)39-25-13-21-33(39)37(43)45-27-29-15-9-7-10-16-29)23-24-32(20-6-4-2)36(42)40-26-14-22-34(40)38(44)46-28-30-17-11-8-12-18-30/h7-12,15-18,23-24,31-34H,3-6,13-14,19-22,25-28H2,1-2H3. The summed E-state index contributed by atoms with van der Waals surface area (Å²) in [5.74, 6) is -1.80.